The van der Waals surface area contributed by atoms with Gasteiger partial charge in [-0.25, -0.2) is 4.98 Å². The molecule has 3 aromatic rings. The number of aryl methyl sites for hydroxylation is 1. The normalized spacial score (nSPS) is 10.2. The Morgan fingerprint density at radius 1 is 1.04 bits per heavy atom. The second kappa shape index (κ2) is 7.53. The number of phenols is 1. The molecule has 3 rings (SSSR count). The lowest BCUT2D eigenvalue weighted by atomic mass is 10.0. The van der Waals surface area contributed by atoms with Crippen LogP contribution in [0.15, 0.2) is 42.7 Å². The van der Waals surface area contributed by atoms with Crippen LogP contribution in [0.4, 0.5) is 11.8 Å². The van der Waals surface area contributed by atoms with E-state index in [0.29, 0.717) is 18.4 Å². The largest absolute Gasteiger partial charge is 0.508 e. The molecule has 0 saturated carbocycles. The van der Waals surface area contributed by atoms with Crippen molar-refractivity contribution in [2.75, 3.05) is 11.5 Å². The Bertz CT molecular complexity index is 990. The fourth-order valence-corrected chi connectivity index (χ4v) is 2.62. The molecule has 0 spiro atoms. The van der Waals surface area contributed by atoms with Crippen LogP contribution < -0.4 is 11.5 Å². The highest BCUT2D eigenvalue weighted by Gasteiger charge is 2.08. The number of nitrogens with zero attached hydrogens (tertiary/aromatic N) is 3. The van der Waals surface area contributed by atoms with Gasteiger partial charge in [-0.3, -0.25) is 4.98 Å². The van der Waals surface area contributed by atoms with Crippen molar-refractivity contribution in [2.45, 2.75) is 19.8 Å². The van der Waals surface area contributed by atoms with Crippen LogP contribution in [0.2, 0.25) is 0 Å². The summed E-state index contributed by atoms with van der Waals surface area (Å²) >= 11 is 0. The van der Waals surface area contributed by atoms with Crippen LogP contribution in [0.1, 0.15) is 23.7 Å². The number of hydrogen-bond donors (Lipinski definition) is 3. The molecule has 0 amide bonds. The molecule has 5 N–H and O–H groups in total. The summed E-state index contributed by atoms with van der Waals surface area (Å²) in [6.07, 6.45) is 4.50. The smallest absolute Gasteiger partial charge is 0.222 e. The third kappa shape index (κ3) is 3.73. The van der Waals surface area contributed by atoms with Crippen LogP contribution in [-0.4, -0.2) is 20.1 Å². The van der Waals surface area contributed by atoms with Crippen LogP contribution in [-0.2, 0) is 12.8 Å². The fraction of sp³-hybridized carbons (Fsp3) is 0.150. The SMILES string of the molecule is CCc1nc(N)nc(N)c1C#CCc1cc(-c2ccncc2)ccc1O. The van der Waals surface area contributed by atoms with Crippen molar-refractivity contribution in [1.82, 2.24) is 15.0 Å². The summed E-state index contributed by atoms with van der Waals surface area (Å²) in [6.45, 7) is 1.95. The van der Waals surface area contributed by atoms with E-state index in [4.69, 9.17) is 11.5 Å². The van der Waals surface area contributed by atoms with E-state index in [1.807, 2.05) is 31.2 Å². The van der Waals surface area contributed by atoms with Crippen molar-refractivity contribution in [3.05, 3.63) is 59.5 Å². The van der Waals surface area contributed by atoms with Crippen LogP contribution in [0.5, 0.6) is 5.75 Å². The average Bonchev–Trinajstić information content (AvgIpc) is 2.65. The number of anilines is 2. The number of hydrogen-bond acceptors (Lipinski definition) is 6. The molecule has 0 atom stereocenters. The van der Waals surface area contributed by atoms with Gasteiger partial charge in [-0.15, -0.1) is 0 Å². The summed E-state index contributed by atoms with van der Waals surface area (Å²) in [7, 11) is 0. The molecule has 26 heavy (non-hydrogen) atoms. The van der Waals surface area contributed by atoms with E-state index in [9.17, 15) is 5.11 Å². The third-order valence-corrected chi connectivity index (χ3v) is 3.95. The van der Waals surface area contributed by atoms with Gasteiger partial charge in [0.05, 0.1) is 11.3 Å². The Morgan fingerprint density at radius 2 is 1.81 bits per heavy atom. The molecule has 0 aliphatic rings. The summed E-state index contributed by atoms with van der Waals surface area (Å²) in [5.74, 6) is 6.69. The molecule has 0 fully saturated rings. The molecule has 6 heteroatoms. The van der Waals surface area contributed by atoms with Gasteiger partial charge in [-0.05, 0) is 41.8 Å². The zero-order valence-corrected chi connectivity index (χ0v) is 14.4. The monoisotopic (exact) mass is 345 g/mol. The minimum absolute atomic E-state index is 0.146. The number of nitrogen functional groups attached to an aromatic ring is 2. The summed E-state index contributed by atoms with van der Waals surface area (Å²) in [4.78, 5) is 12.2. The summed E-state index contributed by atoms with van der Waals surface area (Å²) < 4.78 is 0. The molecular formula is C20H19N5O. The van der Waals surface area contributed by atoms with Crippen molar-refractivity contribution < 1.29 is 5.11 Å². The Balaban J connectivity index is 1.89. The van der Waals surface area contributed by atoms with Gasteiger partial charge in [0, 0.05) is 24.4 Å². The number of benzene rings is 1. The van der Waals surface area contributed by atoms with Gasteiger partial charge < -0.3 is 16.6 Å². The van der Waals surface area contributed by atoms with Gasteiger partial charge in [0.1, 0.15) is 11.6 Å². The Kier molecular flexibility index (Phi) is 4.99. The predicted octanol–water partition coefficient (Wildman–Crippen LogP) is 2.57. The lowest BCUT2D eigenvalue weighted by molar-refractivity contribution is 0.470. The van der Waals surface area contributed by atoms with Gasteiger partial charge in [-0.2, -0.15) is 4.98 Å². The molecule has 1 aromatic carbocycles. The van der Waals surface area contributed by atoms with Crippen molar-refractivity contribution in [3.8, 4) is 28.7 Å². The lowest BCUT2D eigenvalue weighted by Gasteiger charge is -2.06. The zero-order chi connectivity index (χ0) is 18.5. The highest BCUT2D eigenvalue weighted by molar-refractivity contribution is 5.65. The topological polar surface area (TPSA) is 111 Å². The highest BCUT2D eigenvalue weighted by atomic mass is 16.3. The van der Waals surface area contributed by atoms with Gasteiger partial charge >= 0.3 is 0 Å². The maximum atomic E-state index is 10.1. The van der Waals surface area contributed by atoms with Gasteiger partial charge in [0.2, 0.25) is 5.95 Å². The van der Waals surface area contributed by atoms with Crippen LogP contribution in [0.25, 0.3) is 11.1 Å². The number of phenolic OH excluding ortho intramolecular Hbond substituents is 1. The first-order valence-electron chi connectivity index (χ1n) is 8.21. The summed E-state index contributed by atoms with van der Waals surface area (Å²) in [5.41, 5.74) is 15.6. The van der Waals surface area contributed by atoms with Crippen LogP contribution >= 0.6 is 0 Å². The minimum atomic E-state index is 0.146. The Hall–Kier alpha value is -3.59. The van der Waals surface area contributed by atoms with E-state index in [2.05, 4.69) is 26.8 Å². The fourth-order valence-electron chi connectivity index (χ4n) is 2.62. The van der Waals surface area contributed by atoms with E-state index in [0.717, 1.165) is 22.4 Å². The maximum Gasteiger partial charge on any atom is 0.222 e. The van der Waals surface area contributed by atoms with Crippen molar-refractivity contribution >= 4 is 11.8 Å². The number of nitrogens with two attached hydrogens (primary N) is 2. The Labute approximate surface area is 152 Å². The van der Waals surface area contributed by atoms with Crippen molar-refractivity contribution in [2.24, 2.45) is 0 Å². The summed E-state index contributed by atoms with van der Waals surface area (Å²) in [5, 5.41) is 10.1. The van der Waals surface area contributed by atoms with Crippen molar-refractivity contribution in [3.63, 3.8) is 0 Å². The zero-order valence-electron chi connectivity index (χ0n) is 14.4. The van der Waals surface area contributed by atoms with Gasteiger partial charge in [0.15, 0.2) is 0 Å². The van der Waals surface area contributed by atoms with Crippen LogP contribution in [0.3, 0.4) is 0 Å². The quantitative estimate of drug-likeness (QED) is 0.629. The number of pyridine rings is 1. The summed E-state index contributed by atoms with van der Waals surface area (Å²) in [6, 6.07) is 9.29. The third-order valence-electron chi connectivity index (χ3n) is 3.95. The number of rotatable bonds is 3. The molecule has 2 heterocycles. The van der Waals surface area contributed by atoms with Crippen molar-refractivity contribution in [1.29, 1.82) is 0 Å². The van der Waals surface area contributed by atoms with Crippen LogP contribution in [0, 0.1) is 11.8 Å². The number of aromatic nitrogens is 3. The molecular weight excluding hydrogens is 326 g/mol. The van der Waals surface area contributed by atoms with E-state index >= 15 is 0 Å². The molecule has 0 aliphatic carbocycles. The highest BCUT2D eigenvalue weighted by Crippen LogP contribution is 2.26. The molecule has 0 aliphatic heterocycles. The average molecular weight is 345 g/mol. The Morgan fingerprint density at radius 3 is 2.54 bits per heavy atom. The second-order valence-corrected chi connectivity index (χ2v) is 5.70. The molecule has 130 valence electrons. The molecule has 6 nitrogen and oxygen atoms in total. The first-order valence-corrected chi connectivity index (χ1v) is 8.21. The molecule has 0 unspecified atom stereocenters. The first kappa shape index (κ1) is 17.2. The molecule has 0 bridgehead atoms. The van der Waals surface area contributed by atoms with E-state index in [1.54, 1.807) is 18.5 Å². The van der Waals surface area contributed by atoms with Gasteiger partial charge in [-0.1, -0.05) is 24.8 Å². The minimum Gasteiger partial charge on any atom is -0.508 e. The maximum absolute atomic E-state index is 10.1. The molecule has 0 saturated heterocycles. The van der Waals surface area contributed by atoms with E-state index in [1.165, 1.54) is 0 Å². The first-order chi connectivity index (χ1) is 12.6. The van der Waals surface area contributed by atoms with Gasteiger partial charge in [0.25, 0.3) is 0 Å². The number of aromatic hydroxyl groups is 1. The predicted molar refractivity (Wildman–Crippen MR) is 102 cm³/mol. The molecule has 2 aromatic heterocycles. The second-order valence-electron chi connectivity index (χ2n) is 5.70. The van der Waals surface area contributed by atoms with E-state index < -0.39 is 0 Å². The molecule has 0 radical (unpaired) electrons. The van der Waals surface area contributed by atoms with E-state index in [-0.39, 0.29) is 17.5 Å². The standard InChI is InChI=1S/C20H19N5O/c1-2-17-16(19(21)25-20(22)24-17)5-3-4-15-12-14(6-7-18(15)26)13-8-10-23-11-9-13/h6-12,26H,2,4H2,1H3,(H4,21,22,24,25). The lowest BCUT2D eigenvalue weighted by Crippen LogP contribution is -2.06.